The number of hydrogen-bond acceptors (Lipinski definition) is 4. The largest absolute Gasteiger partial charge is 0.368 e. The van der Waals surface area contributed by atoms with Crippen molar-refractivity contribution >= 4 is 5.95 Å². The van der Waals surface area contributed by atoms with Crippen LogP contribution in [0.4, 0.5) is 5.95 Å². The van der Waals surface area contributed by atoms with E-state index >= 15 is 0 Å². The Morgan fingerprint density at radius 2 is 2.39 bits per heavy atom. The van der Waals surface area contributed by atoms with Crippen LogP contribution in [0.1, 0.15) is 6.42 Å². The molecule has 0 spiro atoms. The van der Waals surface area contributed by atoms with Gasteiger partial charge in [-0.25, -0.2) is 9.97 Å². The third-order valence-corrected chi connectivity index (χ3v) is 3.38. The van der Waals surface area contributed by atoms with Gasteiger partial charge in [-0.3, -0.25) is 0 Å². The molecule has 3 N–H and O–H groups in total. The van der Waals surface area contributed by atoms with Gasteiger partial charge in [0, 0.05) is 18.9 Å². The molecule has 0 amide bonds. The molecule has 18 heavy (non-hydrogen) atoms. The molecule has 1 atom stereocenters. The molecule has 5 heteroatoms. The van der Waals surface area contributed by atoms with Gasteiger partial charge in [0.2, 0.25) is 5.95 Å². The Morgan fingerprint density at radius 3 is 3.17 bits per heavy atom. The van der Waals surface area contributed by atoms with E-state index in [0.29, 0.717) is 11.9 Å². The Hall–Kier alpha value is -1.88. The Balaban J connectivity index is 1.86. The second kappa shape index (κ2) is 4.78. The normalized spacial score (nSPS) is 19.2. The van der Waals surface area contributed by atoms with Gasteiger partial charge in [0.15, 0.2) is 0 Å². The van der Waals surface area contributed by atoms with E-state index in [-0.39, 0.29) is 0 Å². The molecular formula is C13H17N5. The van der Waals surface area contributed by atoms with Gasteiger partial charge in [0.25, 0.3) is 0 Å². The highest BCUT2D eigenvalue weighted by atomic mass is 15.0. The molecular weight excluding hydrogens is 226 g/mol. The number of nitrogens with zero attached hydrogens (tertiary/aromatic N) is 3. The van der Waals surface area contributed by atoms with E-state index in [2.05, 4.69) is 38.2 Å². The molecule has 3 heterocycles. The molecule has 1 aliphatic heterocycles. The van der Waals surface area contributed by atoms with E-state index in [1.807, 2.05) is 6.07 Å². The van der Waals surface area contributed by atoms with Gasteiger partial charge < -0.3 is 15.6 Å². The zero-order valence-corrected chi connectivity index (χ0v) is 10.2. The maximum Gasteiger partial charge on any atom is 0.220 e. The second-order valence-corrected chi connectivity index (χ2v) is 4.70. The van der Waals surface area contributed by atoms with Crippen molar-refractivity contribution in [1.82, 2.24) is 19.9 Å². The SMILES string of the molecule is Nc1nccc(-c2cccn2C[C@@H]2CCNC2)n1. The van der Waals surface area contributed by atoms with Crippen molar-refractivity contribution in [1.29, 1.82) is 0 Å². The van der Waals surface area contributed by atoms with Crippen LogP contribution in [0.2, 0.25) is 0 Å². The average molecular weight is 243 g/mol. The highest BCUT2D eigenvalue weighted by Crippen LogP contribution is 2.21. The van der Waals surface area contributed by atoms with E-state index in [4.69, 9.17) is 5.73 Å². The molecule has 2 aromatic rings. The number of rotatable bonds is 3. The smallest absolute Gasteiger partial charge is 0.220 e. The summed E-state index contributed by atoms with van der Waals surface area (Å²) in [6, 6.07) is 6.02. The zero-order chi connectivity index (χ0) is 12.4. The lowest BCUT2D eigenvalue weighted by Gasteiger charge is -2.13. The topological polar surface area (TPSA) is 68.8 Å². The van der Waals surface area contributed by atoms with E-state index in [9.17, 15) is 0 Å². The van der Waals surface area contributed by atoms with Crippen LogP contribution >= 0.6 is 0 Å². The maximum atomic E-state index is 5.64. The van der Waals surface area contributed by atoms with Gasteiger partial charge in [0.05, 0.1) is 11.4 Å². The summed E-state index contributed by atoms with van der Waals surface area (Å²) in [7, 11) is 0. The Kier molecular flexibility index (Phi) is 2.98. The Bertz CT molecular complexity index is 528. The summed E-state index contributed by atoms with van der Waals surface area (Å²) in [5.74, 6) is 1.03. The molecule has 0 saturated carbocycles. The molecule has 3 rings (SSSR count). The van der Waals surface area contributed by atoms with Crippen LogP contribution in [-0.4, -0.2) is 27.6 Å². The lowest BCUT2D eigenvalue weighted by molar-refractivity contribution is 0.485. The van der Waals surface area contributed by atoms with Crippen LogP contribution in [-0.2, 0) is 6.54 Å². The molecule has 0 aromatic carbocycles. The number of nitrogens with one attached hydrogen (secondary N) is 1. The minimum atomic E-state index is 0.322. The minimum Gasteiger partial charge on any atom is -0.368 e. The summed E-state index contributed by atoms with van der Waals surface area (Å²) in [5.41, 5.74) is 7.63. The molecule has 5 nitrogen and oxygen atoms in total. The summed E-state index contributed by atoms with van der Waals surface area (Å²) in [4.78, 5) is 8.21. The maximum absolute atomic E-state index is 5.64. The summed E-state index contributed by atoms with van der Waals surface area (Å²) in [6.07, 6.45) is 5.04. The first-order valence-electron chi connectivity index (χ1n) is 6.27. The monoisotopic (exact) mass is 243 g/mol. The fourth-order valence-electron chi connectivity index (χ4n) is 2.47. The molecule has 1 aliphatic rings. The van der Waals surface area contributed by atoms with E-state index in [1.54, 1.807) is 6.20 Å². The molecule has 94 valence electrons. The van der Waals surface area contributed by atoms with Gasteiger partial charge in [-0.1, -0.05) is 0 Å². The van der Waals surface area contributed by atoms with Crippen LogP contribution in [0.15, 0.2) is 30.6 Å². The van der Waals surface area contributed by atoms with Crippen LogP contribution in [0.3, 0.4) is 0 Å². The van der Waals surface area contributed by atoms with Gasteiger partial charge in [-0.2, -0.15) is 0 Å². The minimum absolute atomic E-state index is 0.322. The van der Waals surface area contributed by atoms with Crippen molar-refractivity contribution in [2.45, 2.75) is 13.0 Å². The summed E-state index contributed by atoms with van der Waals surface area (Å²) >= 11 is 0. The molecule has 2 aromatic heterocycles. The quantitative estimate of drug-likeness (QED) is 0.848. The first-order chi connectivity index (χ1) is 8.83. The number of anilines is 1. The molecule has 0 unspecified atom stereocenters. The second-order valence-electron chi connectivity index (χ2n) is 4.70. The molecule has 1 fully saturated rings. The average Bonchev–Trinajstić information content (AvgIpc) is 3.01. The summed E-state index contributed by atoms with van der Waals surface area (Å²) in [6.45, 7) is 3.25. The first kappa shape index (κ1) is 11.2. The van der Waals surface area contributed by atoms with Crippen molar-refractivity contribution in [3.8, 4) is 11.4 Å². The summed E-state index contributed by atoms with van der Waals surface area (Å²) in [5, 5.41) is 3.39. The van der Waals surface area contributed by atoms with Gasteiger partial charge >= 0.3 is 0 Å². The lowest BCUT2D eigenvalue weighted by atomic mass is 10.1. The highest BCUT2D eigenvalue weighted by Gasteiger charge is 2.16. The van der Waals surface area contributed by atoms with Crippen molar-refractivity contribution in [3.63, 3.8) is 0 Å². The fourth-order valence-corrected chi connectivity index (χ4v) is 2.47. The van der Waals surface area contributed by atoms with Crippen molar-refractivity contribution in [3.05, 3.63) is 30.6 Å². The Labute approximate surface area is 106 Å². The van der Waals surface area contributed by atoms with Crippen molar-refractivity contribution in [2.24, 2.45) is 5.92 Å². The summed E-state index contributed by atoms with van der Waals surface area (Å²) < 4.78 is 2.25. The van der Waals surface area contributed by atoms with E-state index in [1.165, 1.54) is 6.42 Å². The standard InChI is InChI=1S/C13H17N5/c14-13-16-6-4-11(17-13)12-2-1-7-18(12)9-10-3-5-15-8-10/h1-2,4,6-7,10,15H,3,5,8-9H2,(H2,14,16,17)/t10-/m1/s1. The predicted octanol–water partition coefficient (Wildman–Crippen LogP) is 1.14. The zero-order valence-electron chi connectivity index (χ0n) is 10.2. The predicted molar refractivity (Wildman–Crippen MR) is 70.8 cm³/mol. The van der Waals surface area contributed by atoms with Crippen molar-refractivity contribution < 1.29 is 0 Å². The van der Waals surface area contributed by atoms with Crippen molar-refractivity contribution in [2.75, 3.05) is 18.8 Å². The number of aromatic nitrogens is 3. The third-order valence-electron chi connectivity index (χ3n) is 3.38. The Morgan fingerprint density at radius 1 is 1.44 bits per heavy atom. The lowest BCUT2D eigenvalue weighted by Crippen LogP contribution is -2.14. The van der Waals surface area contributed by atoms with Gasteiger partial charge in [-0.05, 0) is 43.6 Å². The molecule has 0 bridgehead atoms. The highest BCUT2D eigenvalue weighted by molar-refractivity contribution is 5.55. The van der Waals surface area contributed by atoms with E-state index < -0.39 is 0 Å². The van der Waals surface area contributed by atoms with E-state index in [0.717, 1.165) is 31.0 Å². The van der Waals surface area contributed by atoms with Gasteiger partial charge in [-0.15, -0.1) is 0 Å². The number of nitrogens with two attached hydrogens (primary N) is 1. The molecule has 0 aliphatic carbocycles. The fraction of sp³-hybridized carbons (Fsp3) is 0.385. The van der Waals surface area contributed by atoms with Gasteiger partial charge in [0.1, 0.15) is 0 Å². The van der Waals surface area contributed by atoms with Crippen LogP contribution in [0, 0.1) is 5.92 Å². The number of hydrogen-bond donors (Lipinski definition) is 2. The molecule has 1 saturated heterocycles. The third kappa shape index (κ3) is 2.22. The van der Waals surface area contributed by atoms with Crippen LogP contribution in [0.5, 0.6) is 0 Å². The molecule has 0 radical (unpaired) electrons. The van der Waals surface area contributed by atoms with Crippen LogP contribution in [0.25, 0.3) is 11.4 Å². The van der Waals surface area contributed by atoms with Crippen LogP contribution < -0.4 is 11.1 Å². The number of nitrogen functional groups attached to an aromatic ring is 1. The first-order valence-corrected chi connectivity index (χ1v) is 6.27.